The highest BCUT2D eigenvalue weighted by Gasteiger charge is 2.21. The van der Waals surface area contributed by atoms with Crippen molar-refractivity contribution in [3.63, 3.8) is 0 Å². The number of para-hydroxylation sites is 1. The lowest BCUT2D eigenvalue weighted by Gasteiger charge is -2.20. The van der Waals surface area contributed by atoms with Crippen LogP contribution in [0.25, 0.3) is 0 Å². The van der Waals surface area contributed by atoms with Gasteiger partial charge in [-0.25, -0.2) is 0 Å². The highest BCUT2D eigenvalue weighted by molar-refractivity contribution is 7.34. The second kappa shape index (κ2) is 3.25. The molecule has 1 aromatic carbocycles. The highest BCUT2D eigenvalue weighted by Crippen LogP contribution is 2.41. The predicted molar refractivity (Wildman–Crippen MR) is 54.9 cm³/mol. The van der Waals surface area contributed by atoms with Crippen LogP contribution in [0.1, 0.15) is 26.3 Å². The lowest BCUT2D eigenvalue weighted by molar-refractivity contribution is 0.264. The molecule has 0 amide bonds. The summed E-state index contributed by atoms with van der Waals surface area (Å²) >= 11 is 0. The number of benzene rings is 1. The smallest absolute Gasteiger partial charge is 0.387 e. The van der Waals surface area contributed by atoms with Crippen molar-refractivity contribution in [2.45, 2.75) is 26.2 Å². The van der Waals surface area contributed by atoms with Crippen molar-refractivity contribution in [3.8, 4) is 5.75 Å². The van der Waals surface area contributed by atoms with E-state index in [1.54, 1.807) is 0 Å². The van der Waals surface area contributed by atoms with Gasteiger partial charge >= 0.3 is 8.24 Å². The summed E-state index contributed by atoms with van der Waals surface area (Å²) in [6.07, 6.45) is 0. The Labute approximate surface area is 83.9 Å². The van der Waals surface area contributed by atoms with Gasteiger partial charge in [0.1, 0.15) is 5.75 Å². The van der Waals surface area contributed by atoms with E-state index in [-0.39, 0.29) is 5.41 Å². The summed E-state index contributed by atoms with van der Waals surface area (Å²) in [6.45, 7) is 6.45. The number of rotatable bonds is 2. The van der Waals surface area contributed by atoms with Gasteiger partial charge < -0.3 is 4.52 Å². The van der Waals surface area contributed by atoms with Crippen molar-refractivity contribution in [3.05, 3.63) is 29.8 Å². The molecule has 14 heavy (non-hydrogen) atoms. The summed E-state index contributed by atoms with van der Waals surface area (Å²) in [6, 6.07) is 7.96. The minimum absolute atomic E-state index is 0.0714. The summed E-state index contributed by atoms with van der Waals surface area (Å²) in [4.78, 5) is 0. The maximum Gasteiger partial charge on any atom is 0.529 e. The van der Waals surface area contributed by atoms with E-state index in [2.05, 4.69) is 35.5 Å². The van der Waals surface area contributed by atoms with E-state index in [1.807, 2.05) is 18.2 Å². The fourth-order valence-corrected chi connectivity index (χ4v) is 1.78. The van der Waals surface area contributed by atoms with Crippen LogP contribution in [0.5, 0.6) is 5.75 Å². The van der Waals surface area contributed by atoms with Crippen molar-refractivity contribution < 1.29 is 13.2 Å². The molecule has 76 valence electrons. The van der Waals surface area contributed by atoms with E-state index in [0.717, 1.165) is 5.75 Å². The normalized spacial score (nSPS) is 11.9. The van der Waals surface area contributed by atoms with Crippen LogP contribution in [-0.4, -0.2) is 0 Å². The Morgan fingerprint density at radius 1 is 1.14 bits per heavy atom. The van der Waals surface area contributed by atoms with E-state index < -0.39 is 8.24 Å². The molecule has 1 heterocycles. The van der Waals surface area contributed by atoms with Crippen LogP contribution in [0.3, 0.4) is 0 Å². The fraction of sp³-hybridized carbons (Fsp3) is 0.400. The van der Waals surface area contributed by atoms with E-state index in [9.17, 15) is 0 Å². The molecule has 2 rings (SSSR count). The highest BCUT2D eigenvalue weighted by atomic mass is 31.1. The van der Waals surface area contributed by atoms with Crippen LogP contribution in [0.15, 0.2) is 33.0 Å². The topological polar surface area (TPSA) is 35.5 Å². The average Bonchev–Trinajstić information content (AvgIpc) is 2.87. The van der Waals surface area contributed by atoms with Gasteiger partial charge in [0.2, 0.25) is 0 Å². The third-order valence-electron chi connectivity index (χ3n) is 2.00. The monoisotopic (exact) mass is 212 g/mol. The molecule has 0 aliphatic carbocycles. The Morgan fingerprint density at radius 2 is 1.79 bits per heavy atom. The molecule has 0 N–H and O–H groups in total. The molecule has 0 atom stereocenters. The van der Waals surface area contributed by atoms with Gasteiger partial charge in [-0.15, -0.1) is 0 Å². The Bertz CT molecular complexity index is 394. The molecule has 0 unspecified atom stereocenters. The molecule has 0 spiro atoms. The third-order valence-corrected chi connectivity index (χ3v) is 2.62. The summed E-state index contributed by atoms with van der Waals surface area (Å²) in [5.41, 5.74) is 1.24. The fourth-order valence-electron chi connectivity index (χ4n) is 1.29. The van der Waals surface area contributed by atoms with Gasteiger partial charge in [-0.3, -0.25) is 0 Å². The quantitative estimate of drug-likeness (QED) is 0.706. The largest absolute Gasteiger partial charge is 0.529 e. The first kappa shape index (κ1) is 9.47. The summed E-state index contributed by atoms with van der Waals surface area (Å²) < 4.78 is 14.7. The first-order valence-corrected chi connectivity index (χ1v) is 5.59. The summed E-state index contributed by atoms with van der Waals surface area (Å²) in [7, 11) is -1.09. The zero-order chi connectivity index (χ0) is 10.2. The molecule has 3 nitrogen and oxygen atoms in total. The van der Waals surface area contributed by atoms with Crippen molar-refractivity contribution in [2.24, 2.45) is 0 Å². The van der Waals surface area contributed by atoms with Crippen molar-refractivity contribution in [1.29, 1.82) is 0 Å². The summed E-state index contributed by atoms with van der Waals surface area (Å²) in [5, 5.41) is 0. The van der Waals surface area contributed by atoms with Crippen LogP contribution < -0.4 is 4.52 Å². The second-order valence-corrected chi connectivity index (χ2v) is 5.14. The maximum atomic E-state index is 5.50. The van der Waals surface area contributed by atoms with Gasteiger partial charge in [-0.1, -0.05) is 39.0 Å². The average molecular weight is 212 g/mol. The van der Waals surface area contributed by atoms with Gasteiger partial charge in [0.05, 0.1) is 0 Å². The SMILES string of the molecule is CC(C)(C)c1ccccc1Op1oo1. The molecule has 0 aliphatic rings. The van der Waals surface area contributed by atoms with Gasteiger partial charge in [0.25, 0.3) is 0 Å². The van der Waals surface area contributed by atoms with Crippen LogP contribution in [0.2, 0.25) is 0 Å². The second-order valence-electron chi connectivity index (χ2n) is 4.21. The number of hydrogen-bond acceptors (Lipinski definition) is 3. The molecule has 0 fully saturated rings. The molecule has 0 saturated carbocycles. The molecule has 2 aromatic rings. The molecule has 1 aromatic heterocycles. The molecular weight excluding hydrogens is 199 g/mol. The Hall–Kier alpha value is -1.08. The Kier molecular flexibility index (Phi) is 2.20. The molecule has 0 bridgehead atoms. The summed E-state index contributed by atoms with van der Waals surface area (Å²) in [5.74, 6) is 0.851. The molecule has 0 aliphatic heterocycles. The third kappa shape index (κ3) is 2.05. The zero-order valence-electron chi connectivity index (χ0n) is 8.48. The molecular formula is C10H13O3P. The van der Waals surface area contributed by atoms with Gasteiger partial charge in [-0.2, -0.15) is 8.71 Å². The first-order chi connectivity index (χ1) is 6.57. The van der Waals surface area contributed by atoms with Gasteiger partial charge in [-0.05, 0) is 11.5 Å². The van der Waals surface area contributed by atoms with Crippen molar-refractivity contribution >= 4 is 8.24 Å². The molecule has 0 saturated heterocycles. The molecule has 0 radical (unpaired) electrons. The zero-order valence-corrected chi connectivity index (χ0v) is 9.38. The van der Waals surface area contributed by atoms with Crippen LogP contribution in [0.4, 0.5) is 0 Å². The van der Waals surface area contributed by atoms with Crippen LogP contribution >= 0.6 is 8.24 Å². The van der Waals surface area contributed by atoms with Crippen LogP contribution in [0, 0.1) is 0 Å². The lowest BCUT2D eigenvalue weighted by atomic mass is 9.86. The minimum Gasteiger partial charge on any atom is -0.387 e. The van der Waals surface area contributed by atoms with Gasteiger partial charge in [0, 0.05) is 5.56 Å². The van der Waals surface area contributed by atoms with Gasteiger partial charge in [0.15, 0.2) is 0 Å². The number of hydrogen-bond donors (Lipinski definition) is 0. The van der Waals surface area contributed by atoms with E-state index in [1.165, 1.54) is 5.56 Å². The van der Waals surface area contributed by atoms with E-state index in [0.29, 0.717) is 0 Å². The molecule has 4 heteroatoms. The Balaban J connectivity index is 2.34. The predicted octanol–water partition coefficient (Wildman–Crippen LogP) is 4.00. The standard InChI is InChI=1S/C10H13O3P/c1-10(2,3)8-6-4-5-7-9(8)11-14-12-13-14/h4-7H,1-3H3. The van der Waals surface area contributed by atoms with Crippen molar-refractivity contribution in [1.82, 2.24) is 0 Å². The van der Waals surface area contributed by atoms with Crippen LogP contribution in [-0.2, 0) is 5.41 Å². The first-order valence-electron chi connectivity index (χ1n) is 4.50. The van der Waals surface area contributed by atoms with Crippen molar-refractivity contribution in [2.75, 3.05) is 0 Å². The lowest BCUT2D eigenvalue weighted by Crippen LogP contribution is -2.11. The maximum absolute atomic E-state index is 5.50. The van der Waals surface area contributed by atoms with E-state index in [4.69, 9.17) is 4.52 Å². The minimum atomic E-state index is -1.09. The Morgan fingerprint density at radius 3 is 2.36 bits per heavy atom. The van der Waals surface area contributed by atoms with E-state index >= 15 is 0 Å².